The van der Waals surface area contributed by atoms with Crippen molar-refractivity contribution >= 4 is 17.6 Å². The van der Waals surface area contributed by atoms with E-state index in [0.29, 0.717) is 22.1 Å². The highest BCUT2D eigenvalue weighted by Gasteiger charge is 2.38. The Kier molecular flexibility index (Phi) is 7.29. The molecule has 3 rings (SSSR count). The molecule has 0 saturated heterocycles. The number of carbonyl (C=O) groups is 1. The Balaban J connectivity index is 2.06. The van der Waals surface area contributed by atoms with Gasteiger partial charge in [0.25, 0.3) is 0 Å². The van der Waals surface area contributed by atoms with E-state index < -0.39 is 11.9 Å². The van der Waals surface area contributed by atoms with E-state index in [4.69, 9.17) is 36.3 Å². The second kappa shape index (κ2) is 10.1. The minimum atomic E-state index is -0.855. The number of ether oxygens (including phenoxy) is 4. The van der Waals surface area contributed by atoms with Crippen LogP contribution in [-0.4, -0.2) is 19.7 Å². The second-order valence-electron chi connectivity index (χ2n) is 6.94. The number of allylic oxidation sites excluding steroid dienone is 2. The van der Waals surface area contributed by atoms with Gasteiger partial charge in [0, 0.05) is 10.6 Å². The first-order valence-corrected chi connectivity index (χ1v) is 10.3. The highest BCUT2D eigenvalue weighted by molar-refractivity contribution is 6.30. The van der Waals surface area contributed by atoms with Crippen LogP contribution in [0.3, 0.4) is 0 Å². The van der Waals surface area contributed by atoms with E-state index in [0.717, 1.165) is 5.56 Å². The van der Waals surface area contributed by atoms with Crippen LogP contribution >= 0.6 is 11.6 Å². The van der Waals surface area contributed by atoms with Gasteiger partial charge in [-0.3, -0.25) is 0 Å². The fourth-order valence-electron chi connectivity index (χ4n) is 3.47. The molecule has 1 aliphatic rings. The zero-order valence-corrected chi connectivity index (χ0v) is 18.7. The summed E-state index contributed by atoms with van der Waals surface area (Å²) in [4.78, 5) is 12.8. The standard InChI is InChI=1S/C24H23ClN2O5/c1-4-30-24(28)21-14(2)32-23(27)19(12-26)22(21)18-11-16(25)8-9-20(18)31-13-15-6-5-7-17(10-15)29-3/h5-11,22H,4,13,27H2,1-3H3. The maximum absolute atomic E-state index is 12.8. The lowest BCUT2D eigenvalue weighted by atomic mass is 9.82. The third-order valence-corrected chi connectivity index (χ3v) is 5.15. The van der Waals surface area contributed by atoms with Crippen LogP contribution in [0.15, 0.2) is 65.3 Å². The first-order chi connectivity index (χ1) is 15.4. The Morgan fingerprint density at radius 2 is 2.06 bits per heavy atom. The molecule has 1 atom stereocenters. The topological polar surface area (TPSA) is 104 Å². The monoisotopic (exact) mass is 454 g/mol. The van der Waals surface area contributed by atoms with Gasteiger partial charge in [0.2, 0.25) is 5.88 Å². The fraction of sp³-hybridized carbons (Fsp3) is 0.250. The number of nitrogens with zero attached hydrogens (tertiary/aromatic N) is 1. The Morgan fingerprint density at radius 1 is 1.28 bits per heavy atom. The zero-order valence-electron chi connectivity index (χ0n) is 18.0. The van der Waals surface area contributed by atoms with E-state index in [-0.39, 0.29) is 36.0 Å². The van der Waals surface area contributed by atoms with Gasteiger partial charge in [-0.05, 0) is 49.7 Å². The molecule has 0 spiro atoms. The molecule has 2 N–H and O–H groups in total. The highest BCUT2D eigenvalue weighted by atomic mass is 35.5. The lowest BCUT2D eigenvalue weighted by Gasteiger charge is -2.28. The number of esters is 1. The fourth-order valence-corrected chi connectivity index (χ4v) is 3.65. The van der Waals surface area contributed by atoms with Crippen LogP contribution < -0.4 is 15.2 Å². The number of nitrogens with two attached hydrogens (primary N) is 1. The Morgan fingerprint density at radius 3 is 2.75 bits per heavy atom. The predicted molar refractivity (Wildman–Crippen MR) is 119 cm³/mol. The molecule has 166 valence electrons. The van der Waals surface area contributed by atoms with Gasteiger partial charge in [0.1, 0.15) is 35.5 Å². The van der Waals surface area contributed by atoms with Gasteiger partial charge in [-0.1, -0.05) is 23.7 Å². The van der Waals surface area contributed by atoms with Crippen LogP contribution in [0.25, 0.3) is 0 Å². The number of hydrogen-bond acceptors (Lipinski definition) is 7. The largest absolute Gasteiger partial charge is 0.497 e. The van der Waals surface area contributed by atoms with Crippen molar-refractivity contribution in [2.75, 3.05) is 13.7 Å². The molecule has 32 heavy (non-hydrogen) atoms. The minimum absolute atomic E-state index is 0.0761. The average molecular weight is 455 g/mol. The Hall–Kier alpha value is -3.63. The summed E-state index contributed by atoms with van der Waals surface area (Å²) >= 11 is 6.28. The zero-order chi connectivity index (χ0) is 23.3. The molecule has 2 aromatic carbocycles. The molecule has 0 saturated carbocycles. The molecular formula is C24H23ClN2O5. The van der Waals surface area contributed by atoms with Gasteiger partial charge in [-0.15, -0.1) is 0 Å². The average Bonchev–Trinajstić information content (AvgIpc) is 2.78. The third kappa shape index (κ3) is 4.82. The van der Waals surface area contributed by atoms with E-state index in [1.54, 1.807) is 39.2 Å². The lowest BCUT2D eigenvalue weighted by Crippen LogP contribution is -2.26. The Bertz CT molecular complexity index is 1130. The lowest BCUT2D eigenvalue weighted by molar-refractivity contribution is -0.139. The number of benzene rings is 2. The molecular weight excluding hydrogens is 432 g/mol. The maximum atomic E-state index is 12.8. The van der Waals surface area contributed by atoms with Gasteiger partial charge in [0.05, 0.1) is 25.2 Å². The van der Waals surface area contributed by atoms with Crippen LogP contribution in [0.5, 0.6) is 11.5 Å². The Labute approximate surface area is 191 Å². The molecule has 2 aromatic rings. The molecule has 1 unspecified atom stereocenters. The minimum Gasteiger partial charge on any atom is -0.497 e. The van der Waals surface area contributed by atoms with Crippen molar-refractivity contribution in [2.24, 2.45) is 5.73 Å². The van der Waals surface area contributed by atoms with E-state index in [9.17, 15) is 10.1 Å². The third-order valence-electron chi connectivity index (χ3n) is 4.91. The molecule has 7 nitrogen and oxygen atoms in total. The predicted octanol–water partition coefficient (Wildman–Crippen LogP) is 4.57. The number of rotatable bonds is 7. The van der Waals surface area contributed by atoms with Gasteiger partial charge in [-0.25, -0.2) is 4.79 Å². The molecule has 0 bridgehead atoms. The molecule has 1 aliphatic heterocycles. The number of hydrogen-bond donors (Lipinski definition) is 1. The summed E-state index contributed by atoms with van der Waals surface area (Å²) in [5, 5.41) is 10.2. The SMILES string of the molecule is CCOC(=O)C1=C(C)OC(N)=C(C#N)C1c1cc(Cl)ccc1OCc1cccc(OC)c1. The number of halogens is 1. The van der Waals surface area contributed by atoms with Crippen LogP contribution in [0.1, 0.15) is 30.9 Å². The highest BCUT2D eigenvalue weighted by Crippen LogP contribution is 2.44. The summed E-state index contributed by atoms with van der Waals surface area (Å²) in [6, 6.07) is 14.5. The normalized spacial score (nSPS) is 15.7. The van der Waals surface area contributed by atoms with Crippen LogP contribution in [0.2, 0.25) is 5.02 Å². The summed E-state index contributed by atoms with van der Waals surface area (Å²) in [5.41, 5.74) is 7.62. The molecule has 0 fully saturated rings. The van der Waals surface area contributed by atoms with Crippen LogP contribution in [0, 0.1) is 11.3 Å². The van der Waals surface area contributed by atoms with Crippen LogP contribution in [0.4, 0.5) is 0 Å². The van der Waals surface area contributed by atoms with Crippen molar-refractivity contribution in [3.05, 3.63) is 81.4 Å². The van der Waals surface area contributed by atoms with Gasteiger partial charge in [-0.2, -0.15) is 5.26 Å². The quantitative estimate of drug-likeness (QED) is 0.611. The molecule has 0 aromatic heterocycles. The number of methoxy groups -OCH3 is 1. The molecule has 0 radical (unpaired) electrons. The summed E-state index contributed by atoms with van der Waals surface area (Å²) in [5.74, 6) is -0.136. The summed E-state index contributed by atoms with van der Waals surface area (Å²) < 4.78 is 22.0. The van der Waals surface area contributed by atoms with Crippen molar-refractivity contribution in [1.29, 1.82) is 5.26 Å². The second-order valence-corrected chi connectivity index (χ2v) is 7.37. The first kappa shape index (κ1) is 23.0. The molecule has 0 amide bonds. The number of carbonyl (C=O) groups excluding carboxylic acids is 1. The molecule has 8 heteroatoms. The van der Waals surface area contributed by atoms with Gasteiger partial charge in [0.15, 0.2) is 0 Å². The summed E-state index contributed by atoms with van der Waals surface area (Å²) in [6.45, 7) is 3.69. The summed E-state index contributed by atoms with van der Waals surface area (Å²) in [6.07, 6.45) is 0. The van der Waals surface area contributed by atoms with Crippen molar-refractivity contribution < 1.29 is 23.7 Å². The van der Waals surface area contributed by atoms with Crippen molar-refractivity contribution in [2.45, 2.75) is 26.4 Å². The van der Waals surface area contributed by atoms with E-state index in [1.807, 2.05) is 24.3 Å². The van der Waals surface area contributed by atoms with Crippen LogP contribution in [-0.2, 0) is 20.9 Å². The van der Waals surface area contributed by atoms with Crippen molar-refractivity contribution in [3.63, 3.8) is 0 Å². The van der Waals surface area contributed by atoms with E-state index >= 15 is 0 Å². The molecule has 1 heterocycles. The first-order valence-electron chi connectivity index (χ1n) is 9.90. The van der Waals surface area contributed by atoms with Gasteiger partial charge >= 0.3 is 5.97 Å². The van der Waals surface area contributed by atoms with Crippen molar-refractivity contribution in [1.82, 2.24) is 0 Å². The van der Waals surface area contributed by atoms with E-state index in [1.165, 1.54) is 0 Å². The smallest absolute Gasteiger partial charge is 0.338 e. The van der Waals surface area contributed by atoms with Crippen molar-refractivity contribution in [3.8, 4) is 17.6 Å². The number of nitriles is 1. The van der Waals surface area contributed by atoms with Gasteiger partial charge < -0.3 is 24.7 Å². The summed E-state index contributed by atoms with van der Waals surface area (Å²) in [7, 11) is 1.59. The maximum Gasteiger partial charge on any atom is 0.338 e. The molecule has 0 aliphatic carbocycles. The van der Waals surface area contributed by atoms with E-state index in [2.05, 4.69) is 6.07 Å².